The van der Waals surface area contributed by atoms with Crippen molar-refractivity contribution in [3.8, 4) is 0 Å². The molecule has 26 heavy (non-hydrogen) atoms. The van der Waals surface area contributed by atoms with Crippen molar-refractivity contribution < 1.29 is 13.6 Å². The van der Waals surface area contributed by atoms with Crippen molar-refractivity contribution in [2.75, 3.05) is 31.1 Å². The Kier molecular flexibility index (Phi) is 5.54. The van der Waals surface area contributed by atoms with Crippen LogP contribution in [0.1, 0.15) is 38.1 Å². The molecule has 0 spiro atoms. The summed E-state index contributed by atoms with van der Waals surface area (Å²) in [6.07, 6.45) is 0.612. The number of nitrogens with zero attached hydrogens (tertiary/aromatic N) is 4. The van der Waals surface area contributed by atoms with Gasteiger partial charge in [-0.1, -0.05) is 38.0 Å². The largest absolute Gasteiger partial charge is 0.408 e. The Morgan fingerprint density at radius 1 is 1.12 bits per heavy atom. The molecule has 3 rings (SSSR count). The minimum atomic E-state index is -0.259. The molecule has 1 unspecified atom stereocenters. The minimum Gasteiger partial charge on any atom is -0.408 e. The van der Waals surface area contributed by atoms with Gasteiger partial charge in [0.1, 0.15) is 5.82 Å². The summed E-state index contributed by atoms with van der Waals surface area (Å²) in [6, 6.07) is 6.86. The average molecular weight is 360 g/mol. The fourth-order valence-electron chi connectivity index (χ4n) is 3.08. The molecule has 6 nitrogen and oxygen atoms in total. The molecule has 1 saturated heterocycles. The number of hydrogen-bond donors (Lipinski definition) is 0. The van der Waals surface area contributed by atoms with Gasteiger partial charge in [-0.25, -0.2) is 4.39 Å². The zero-order valence-electron chi connectivity index (χ0n) is 15.5. The van der Waals surface area contributed by atoms with E-state index in [-0.39, 0.29) is 23.6 Å². The molecule has 1 aromatic carbocycles. The molecule has 2 aromatic rings. The van der Waals surface area contributed by atoms with Gasteiger partial charge >= 0.3 is 6.01 Å². The van der Waals surface area contributed by atoms with E-state index in [0.717, 1.165) is 5.56 Å². The monoisotopic (exact) mass is 360 g/mol. The van der Waals surface area contributed by atoms with Crippen molar-refractivity contribution in [1.82, 2.24) is 15.1 Å². The number of aromatic nitrogens is 2. The standard InChI is InChI=1S/C19H25FN4O2/c1-13(2)17-21-22-19(26-17)24-10-8-23(9-11-24)18(25)14(3)12-15-4-6-16(20)7-5-15/h4-7,13-14H,8-12H2,1-3H3. The van der Waals surface area contributed by atoms with Crippen molar-refractivity contribution in [2.45, 2.75) is 33.1 Å². The van der Waals surface area contributed by atoms with Crippen molar-refractivity contribution in [1.29, 1.82) is 0 Å². The molecule has 0 N–H and O–H groups in total. The molecule has 1 aliphatic rings. The summed E-state index contributed by atoms with van der Waals surface area (Å²) in [5.74, 6) is 0.564. The number of piperazine rings is 1. The molecule has 140 valence electrons. The molecule has 2 heterocycles. The molecule has 1 amide bonds. The van der Waals surface area contributed by atoms with Crippen molar-refractivity contribution in [2.24, 2.45) is 5.92 Å². The zero-order valence-corrected chi connectivity index (χ0v) is 15.5. The topological polar surface area (TPSA) is 62.5 Å². The van der Waals surface area contributed by atoms with Gasteiger partial charge in [0.05, 0.1) is 0 Å². The number of amides is 1. The van der Waals surface area contributed by atoms with E-state index in [1.54, 1.807) is 12.1 Å². The quantitative estimate of drug-likeness (QED) is 0.820. The van der Waals surface area contributed by atoms with Crippen LogP contribution in [-0.4, -0.2) is 47.2 Å². The molecule has 1 atom stereocenters. The van der Waals surface area contributed by atoms with Gasteiger partial charge in [-0.15, -0.1) is 5.10 Å². The van der Waals surface area contributed by atoms with Crippen molar-refractivity contribution in [3.63, 3.8) is 0 Å². The van der Waals surface area contributed by atoms with Crippen LogP contribution in [0.5, 0.6) is 0 Å². The van der Waals surface area contributed by atoms with E-state index in [4.69, 9.17) is 4.42 Å². The lowest BCUT2D eigenvalue weighted by atomic mass is 9.99. The Hall–Kier alpha value is -2.44. The lowest BCUT2D eigenvalue weighted by molar-refractivity contribution is -0.135. The van der Waals surface area contributed by atoms with Gasteiger partial charge in [0, 0.05) is 38.0 Å². The number of benzene rings is 1. The first kappa shape index (κ1) is 18.4. The summed E-state index contributed by atoms with van der Waals surface area (Å²) in [5, 5.41) is 8.16. The molecule has 7 heteroatoms. The first-order valence-corrected chi connectivity index (χ1v) is 9.05. The van der Waals surface area contributed by atoms with Crippen LogP contribution in [0.3, 0.4) is 0 Å². The highest BCUT2D eigenvalue weighted by Gasteiger charge is 2.27. The molecule has 0 bridgehead atoms. The molecule has 0 radical (unpaired) electrons. The third kappa shape index (κ3) is 4.20. The Bertz CT molecular complexity index is 736. The second kappa shape index (κ2) is 7.85. The molecule has 1 fully saturated rings. The lowest BCUT2D eigenvalue weighted by Gasteiger charge is -2.35. The smallest absolute Gasteiger partial charge is 0.318 e. The van der Waals surface area contributed by atoms with Gasteiger partial charge in [0.2, 0.25) is 11.8 Å². The Morgan fingerprint density at radius 3 is 2.35 bits per heavy atom. The van der Waals surface area contributed by atoms with Crippen LogP contribution in [0.2, 0.25) is 0 Å². The van der Waals surface area contributed by atoms with Crippen LogP contribution in [0, 0.1) is 11.7 Å². The summed E-state index contributed by atoms with van der Waals surface area (Å²) in [7, 11) is 0. The fraction of sp³-hybridized carbons (Fsp3) is 0.526. The van der Waals surface area contributed by atoms with Crippen LogP contribution < -0.4 is 4.90 Å². The third-order valence-corrected chi connectivity index (χ3v) is 4.66. The van der Waals surface area contributed by atoms with E-state index in [2.05, 4.69) is 10.2 Å². The number of halogens is 1. The maximum Gasteiger partial charge on any atom is 0.318 e. The van der Waals surface area contributed by atoms with E-state index in [1.807, 2.05) is 30.6 Å². The fourth-order valence-corrected chi connectivity index (χ4v) is 3.08. The van der Waals surface area contributed by atoms with Crippen LogP contribution >= 0.6 is 0 Å². The van der Waals surface area contributed by atoms with Crippen molar-refractivity contribution in [3.05, 3.63) is 41.5 Å². The normalized spacial score (nSPS) is 16.2. The summed E-state index contributed by atoms with van der Waals surface area (Å²) in [5.41, 5.74) is 0.970. The van der Waals surface area contributed by atoms with Crippen LogP contribution in [0.15, 0.2) is 28.7 Å². The summed E-state index contributed by atoms with van der Waals surface area (Å²) < 4.78 is 18.7. The Morgan fingerprint density at radius 2 is 1.77 bits per heavy atom. The molecule has 1 aliphatic heterocycles. The van der Waals surface area contributed by atoms with Gasteiger partial charge in [0.25, 0.3) is 0 Å². The predicted octanol–water partition coefficient (Wildman–Crippen LogP) is 2.86. The van der Waals surface area contributed by atoms with Gasteiger partial charge in [-0.2, -0.15) is 0 Å². The number of hydrogen-bond acceptors (Lipinski definition) is 5. The van der Waals surface area contributed by atoms with E-state index < -0.39 is 0 Å². The average Bonchev–Trinajstić information content (AvgIpc) is 3.13. The Balaban J connectivity index is 1.53. The maximum absolute atomic E-state index is 13.0. The minimum absolute atomic E-state index is 0.127. The molecule has 0 aliphatic carbocycles. The highest BCUT2D eigenvalue weighted by molar-refractivity contribution is 5.79. The number of anilines is 1. The third-order valence-electron chi connectivity index (χ3n) is 4.66. The second-order valence-corrected chi connectivity index (χ2v) is 7.12. The number of carbonyl (C=O) groups is 1. The zero-order chi connectivity index (χ0) is 18.7. The highest BCUT2D eigenvalue weighted by atomic mass is 19.1. The lowest BCUT2D eigenvalue weighted by Crippen LogP contribution is -2.50. The van der Waals surface area contributed by atoms with E-state index in [9.17, 15) is 9.18 Å². The van der Waals surface area contributed by atoms with E-state index in [1.165, 1.54) is 12.1 Å². The van der Waals surface area contributed by atoms with Crippen LogP contribution in [-0.2, 0) is 11.2 Å². The molecular weight excluding hydrogens is 335 g/mol. The summed E-state index contributed by atoms with van der Waals surface area (Å²) in [6.45, 7) is 8.55. The van der Waals surface area contributed by atoms with Gasteiger partial charge in [-0.05, 0) is 24.1 Å². The predicted molar refractivity (Wildman–Crippen MR) is 96.4 cm³/mol. The molecular formula is C19H25FN4O2. The van der Waals surface area contributed by atoms with E-state index in [0.29, 0.717) is 44.5 Å². The SMILES string of the molecule is CC(Cc1ccc(F)cc1)C(=O)N1CCN(c2nnc(C(C)C)o2)CC1. The second-order valence-electron chi connectivity index (χ2n) is 7.12. The summed E-state index contributed by atoms with van der Waals surface area (Å²) >= 11 is 0. The number of carbonyl (C=O) groups excluding carboxylic acids is 1. The molecule has 0 saturated carbocycles. The maximum atomic E-state index is 13.0. The Labute approximate surface area is 153 Å². The first-order valence-electron chi connectivity index (χ1n) is 9.05. The van der Waals surface area contributed by atoms with Gasteiger partial charge in [0.15, 0.2) is 0 Å². The van der Waals surface area contributed by atoms with Gasteiger partial charge < -0.3 is 14.2 Å². The number of rotatable bonds is 5. The molecule has 1 aromatic heterocycles. The van der Waals surface area contributed by atoms with Crippen LogP contribution in [0.4, 0.5) is 10.4 Å². The first-order chi connectivity index (χ1) is 12.4. The van der Waals surface area contributed by atoms with Crippen LogP contribution in [0.25, 0.3) is 0 Å². The summed E-state index contributed by atoms with van der Waals surface area (Å²) in [4.78, 5) is 16.6. The van der Waals surface area contributed by atoms with E-state index >= 15 is 0 Å². The van der Waals surface area contributed by atoms with Crippen molar-refractivity contribution >= 4 is 11.9 Å². The highest BCUT2D eigenvalue weighted by Crippen LogP contribution is 2.20. The van der Waals surface area contributed by atoms with Gasteiger partial charge in [-0.3, -0.25) is 4.79 Å².